The van der Waals surface area contributed by atoms with Crippen molar-refractivity contribution in [2.75, 3.05) is 6.54 Å². The Labute approximate surface area is 174 Å². The summed E-state index contributed by atoms with van der Waals surface area (Å²) in [5, 5.41) is 13.9. The molecule has 1 aromatic heterocycles. The molecule has 2 N–H and O–H groups in total. The minimum absolute atomic E-state index is 0.00794. The number of amides is 1. The van der Waals surface area contributed by atoms with E-state index in [9.17, 15) is 14.7 Å². The van der Waals surface area contributed by atoms with Crippen molar-refractivity contribution in [3.8, 4) is 5.75 Å². The maximum absolute atomic E-state index is 13.1. The molecular weight excluding hydrogens is 376 g/mol. The average molecular weight is 398 g/mol. The van der Waals surface area contributed by atoms with E-state index in [2.05, 4.69) is 5.32 Å². The van der Waals surface area contributed by atoms with E-state index in [1.807, 2.05) is 60.7 Å². The first-order valence-electron chi connectivity index (χ1n) is 9.76. The highest BCUT2D eigenvalue weighted by atomic mass is 16.3. The van der Waals surface area contributed by atoms with Crippen LogP contribution in [0, 0.1) is 0 Å². The summed E-state index contributed by atoms with van der Waals surface area (Å²) in [6.45, 7) is 0.329. The molecule has 0 unspecified atom stereocenters. The van der Waals surface area contributed by atoms with Crippen LogP contribution in [-0.4, -0.2) is 22.1 Å². The smallest absolute Gasteiger partial charge is 0.293 e. The number of pyridine rings is 1. The van der Waals surface area contributed by atoms with Crippen molar-refractivity contribution in [3.63, 3.8) is 0 Å². The number of fused-ring (bicyclic) bond motifs is 1. The molecule has 0 bridgehead atoms. The molecule has 0 saturated heterocycles. The summed E-state index contributed by atoms with van der Waals surface area (Å²) in [5.74, 6) is -1.07. The van der Waals surface area contributed by atoms with Crippen molar-refractivity contribution in [2.45, 2.75) is 5.92 Å². The van der Waals surface area contributed by atoms with E-state index in [0.717, 1.165) is 11.1 Å². The molecule has 0 aliphatic rings. The molecule has 4 rings (SSSR count). The Kier molecular flexibility index (Phi) is 5.35. The lowest BCUT2D eigenvalue weighted by Crippen LogP contribution is -2.31. The van der Waals surface area contributed by atoms with Crippen LogP contribution >= 0.6 is 0 Å². The molecule has 1 heterocycles. The van der Waals surface area contributed by atoms with Gasteiger partial charge in [0.25, 0.3) is 11.5 Å². The van der Waals surface area contributed by atoms with Crippen molar-refractivity contribution in [1.29, 1.82) is 0 Å². The van der Waals surface area contributed by atoms with Gasteiger partial charge in [0.2, 0.25) is 0 Å². The van der Waals surface area contributed by atoms with Crippen molar-refractivity contribution < 1.29 is 9.90 Å². The lowest BCUT2D eigenvalue weighted by atomic mass is 9.91. The van der Waals surface area contributed by atoms with E-state index >= 15 is 0 Å². The zero-order valence-electron chi connectivity index (χ0n) is 16.6. The maximum Gasteiger partial charge on any atom is 0.293 e. The lowest BCUT2D eigenvalue weighted by molar-refractivity contribution is 0.0951. The van der Waals surface area contributed by atoms with E-state index < -0.39 is 17.2 Å². The van der Waals surface area contributed by atoms with Crippen LogP contribution in [0.15, 0.2) is 89.7 Å². The number of carbonyl (C=O) groups excluding carboxylic acids is 1. The Balaban J connectivity index is 1.69. The SMILES string of the molecule is Cn1c(=O)c(O)c(C(=O)NCC(c2ccccc2)c2ccccc2)c2ccccc21. The zero-order valence-corrected chi connectivity index (χ0v) is 16.6. The minimum Gasteiger partial charge on any atom is -0.502 e. The molecule has 1 amide bonds. The molecule has 5 nitrogen and oxygen atoms in total. The highest BCUT2D eigenvalue weighted by Crippen LogP contribution is 2.26. The van der Waals surface area contributed by atoms with Gasteiger partial charge in [0, 0.05) is 24.9 Å². The molecule has 4 aromatic rings. The zero-order chi connectivity index (χ0) is 21.1. The molecule has 30 heavy (non-hydrogen) atoms. The number of aromatic nitrogens is 1. The monoisotopic (exact) mass is 398 g/mol. The second kappa shape index (κ2) is 8.25. The second-order valence-corrected chi connectivity index (χ2v) is 7.19. The number of aryl methyl sites for hydroxylation is 1. The lowest BCUT2D eigenvalue weighted by Gasteiger charge is -2.19. The van der Waals surface area contributed by atoms with Gasteiger partial charge in [-0.2, -0.15) is 0 Å². The Morgan fingerprint density at radius 3 is 2.03 bits per heavy atom. The van der Waals surface area contributed by atoms with Gasteiger partial charge in [0.15, 0.2) is 5.75 Å². The Morgan fingerprint density at radius 2 is 1.43 bits per heavy atom. The summed E-state index contributed by atoms with van der Waals surface area (Å²) < 4.78 is 1.35. The third-order valence-electron chi connectivity index (χ3n) is 5.38. The van der Waals surface area contributed by atoms with Crippen LogP contribution in [0.25, 0.3) is 10.9 Å². The van der Waals surface area contributed by atoms with E-state index in [4.69, 9.17) is 0 Å². The molecule has 0 spiro atoms. The Hall–Kier alpha value is -3.86. The van der Waals surface area contributed by atoms with Gasteiger partial charge in [-0.3, -0.25) is 9.59 Å². The van der Waals surface area contributed by atoms with Crippen LogP contribution in [0.2, 0.25) is 0 Å². The maximum atomic E-state index is 13.1. The molecule has 0 aliphatic heterocycles. The molecule has 5 heteroatoms. The molecule has 0 fully saturated rings. The summed E-state index contributed by atoms with van der Waals surface area (Å²) in [7, 11) is 1.58. The number of hydrogen-bond donors (Lipinski definition) is 2. The fourth-order valence-electron chi connectivity index (χ4n) is 3.79. The van der Waals surface area contributed by atoms with Gasteiger partial charge >= 0.3 is 0 Å². The van der Waals surface area contributed by atoms with Gasteiger partial charge in [0.05, 0.1) is 11.1 Å². The average Bonchev–Trinajstić information content (AvgIpc) is 2.79. The van der Waals surface area contributed by atoms with Gasteiger partial charge in [-0.15, -0.1) is 0 Å². The molecule has 0 aliphatic carbocycles. The summed E-state index contributed by atoms with van der Waals surface area (Å²) >= 11 is 0. The highest BCUT2D eigenvalue weighted by molar-refractivity contribution is 6.08. The molecule has 0 saturated carbocycles. The molecule has 150 valence electrons. The number of rotatable bonds is 5. The number of aromatic hydroxyl groups is 1. The summed E-state index contributed by atoms with van der Waals surface area (Å²) in [4.78, 5) is 25.5. The Bertz CT molecular complexity index is 1210. The number of carbonyl (C=O) groups is 1. The van der Waals surface area contributed by atoms with E-state index in [-0.39, 0.29) is 11.5 Å². The van der Waals surface area contributed by atoms with Crippen LogP contribution in [0.3, 0.4) is 0 Å². The van der Waals surface area contributed by atoms with E-state index in [0.29, 0.717) is 17.4 Å². The summed E-state index contributed by atoms with van der Waals surface area (Å²) in [6, 6.07) is 26.9. The Morgan fingerprint density at radius 1 is 0.900 bits per heavy atom. The number of nitrogens with one attached hydrogen (secondary N) is 1. The third-order valence-corrected chi connectivity index (χ3v) is 5.38. The van der Waals surface area contributed by atoms with Crippen LogP contribution in [-0.2, 0) is 7.05 Å². The highest BCUT2D eigenvalue weighted by Gasteiger charge is 2.22. The predicted molar refractivity (Wildman–Crippen MR) is 118 cm³/mol. The van der Waals surface area contributed by atoms with Crippen LogP contribution in [0.5, 0.6) is 5.75 Å². The first kappa shape index (κ1) is 19.5. The predicted octanol–water partition coefficient (Wildman–Crippen LogP) is 3.81. The number of para-hydroxylation sites is 1. The standard InChI is InChI=1S/C25H22N2O3/c1-27-21-15-9-8-14-19(21)22(23(28)25(27)30)24(29)26-16-20(17-10-4-2-5-11-17)18-12-6-3-7-13-18/h2-15,20,28H,16H2,1H3,(H,26,29). The fourth-order valence-corrected chi connectivity index (χ4v) is 3.79. The number of hydrogen-bond acceptors (Lipinski definition) is 3. The number of nitrogens with zero attached hydrogens (tertiary/aromatic N) is 1. The topological polar surface area (TPSA) is 71.3 Å². The fraction of sp³-hybridized carbons (Fsp3) is 0.120. The van der Waals surface area contributed by atoms with E-state index in [1.165, 1.54) is 4.57 Å². The van der Waals surface area contributed by atoms with E-state index in [1.54, 1.807) is 31.3 Å². The van der Waals surface area contributed by atoms with Crippen molar-refractivity contribution in [1.82, 2.24) is 9.88 Å². The van der Waals surface area contributed by atoms with Gasteiger partial charge in [-0.25, -0.2) is 0 Å². The normalized spacial score (nSPS) is 11.0. The van der Waals surface area contributed by atoms with Gasteiger partial charge in [-0.05, 0) is 17.2 Å². The van der Waals surface area contributed by atoms with Crippen molar-refractivity contribution >= 4 is 16.8 Å². The van der Waals surface area contributed by atoms with Crippen molar-refractivity contribution in [2.24, 2.45) is 7.05 Å². The first-order chi connectivity index (χ1) is 14.6. The quantitative estimate of drug-likeness (QED) is 0.537. The summed E-state index contributed by atoms with van der Waals surface area (Å²) in [6.07, 6.45) is 0. The van der Waals surface area contributed by atoms with Crippen LogP contribution in [0.4, 0.5) is 0 Å². The van der Waals surface area contributed by atoms with Crippen molar-refractivity contribution in [3.05, 3.63) is 112 Å². The largest absolute Gasteiger partial charge is 0.502 e. The van der Waals surface area contributed by atoms with Gasteiger partial charge in [-0.1, -0.05) is 78.9 Å². The number of benzene rings is 3. The van der Waals surface area contributed by atoms with Gasteiger partial charge in [0.1, 0.15) is 0 Å². The van der Waals surface area contributed by atoms with Crippen LogP contribution < -0.4 is 10.9 Å². The van der Waals surface area contributed by atoms with Gasteiger partial charge < -0.3 is 15.0 Å². The molecule has 3 aromatic carbocycles. The summed E-state index contributed by atoms with van der Waals surface area (Å²) in [5.41, 5.74) is 2.15. The van der Waals surface area contributed by atoms with Crippen LogP contribution in [0.1, 0.15) is 27.4 Å². The molecule has 0 atom stereocenters. The molecular formula is C25H22N2O3. The second-order valence-electron chi connectivity index (χ2n) is 7.19. The first-order valence-corrected chi connectivity index (χ1v) is 9.76. The minimum atomic E-state index is -0.596. The third kappa shape index (κ3) is 3.57. The molecule has 0 radical (unpaired) electrons.